The fraction of sp³-hybridized carbons (Fsp3) is 0.417. The highest BCUT2D eigenvalue weighted by Crippen LogP contribution is 2.30. The minimum absolute atomic E-state index is 0.0395. The summed E-state index contributed by atoms with van der Waals surface area (Å²) >= 11 is 0. The Morgan fingerprint density at radius 3 is 2.63 bits per heavy atom. The molecule has 1 unspecified atom stereocenters. The van der Waals surface area contributed by atoms with Crippen LogP contribution < -0.4 is 15.0 Å². The van der Waals surface area contributed by atoms with Crippen LogP contribution in [0.25, 0.3) is 0 Å². The van der Waals surface area contributed by atoms with Gasteiger partial charge < -0.3 is 15.0 Å². The normalized spacial score (nSPS) is 16.9. The van der Waals surface area contributed by atoms with Crippen molar-refractivity contribution in [3.05, 3.63) is 59.2 Å². The first-order chi connectivity index (χ1) is 14.6. The summed E-state index contributed by atoms with van der Waals surface area (Å²) in [7, 11) is 1.67. The molecule has 1 N–H and O–H groups in total. The lowest BCUT2D eigenvalue weighted by Gasteiger charge is -2.28. The highest BCUT2D eigenvalue weighted by Gasteiger charge is 2.26. The zero-order valence-electron chi connectivity index (χ0n) is 17.7. The van der Waals surface area contributed by atoms with Crippen LogP contribution in [0.3, 0.4) is 0 Å². The predicted molar refractivity (Wildman–Crippen MR) is 117 cm³/mol. The highest BCUT2D eigenvalue weighted by atomic mass is 16.5. The Kier molecular flexibility index (Phi) is 6.04. The van der Waals surface area contributed by atoms with E-state index < -0.39 is 0 Å². The van der Waals surface area contributed by atoms with E-state index in [0.29, 0.717) is 18.7 Å². The molecule has 0 spiro atoms. The third-order valence-corrected chi connectivity index (χ3v) is 6.13. The van der Waals surface area contributed by atoms with E-state index in [-0.39, 0.29) is 17.9 Å². The second-order valence-electron chi connectivity index (χ2n) is 8.01. The van der Waals surface area contributed by atoms with Gasteiger partial charge in [-0.3, -0.25) is 14.5 Å². The summed E-state index contributed by atoms with van der Waals surface area (Å²) < 4.78 is 5.40. The van der Waals surface area contributed by atoms with E-state index in [9.17, 15) is 9.59 Å². The number of carbonyl (C=O) groups excluding carboxylic acids is 2. The molecule has 1 saturated heterocycles. The van der Waals surface area contributed by atoms with Gasteiger partial charge in [0.05, 0.1) is 13.2 Å². The third-order valence-electron chi connectivity index (χ3n) is 6.13. The molecule has 2 aromatic rings. The lowest BCUT2D eigenvalue weighted by molar-refractivity contribution is -0.116. The van der Waals surface area contributed by atoms with E-state index in [0.717, 1.165) is 42.1 Å². The first-order valence-electron chi connectivity index (χ1n) is 10.6. The largest absolute Gasteiger partial charge is 0.497 e. The Balaban J connectivity index is 1.48. The van der Waals surface area contributed by atoms with Crippen LogP contribution >= 0.6 is 0 Å². The predicted octanol–water partition coefficient (Wildman–Crippen LogP) is 3.17. The second-order valence-corrected chi connectivity index (χ2v) is 8.01. The van der Waals surface area contributed by atoms with Crippen LogP contribution in [0.1, 0.15) is 47.3 Å². The Labute approximate surface area is 177 Å². The number of ether oxygens (including phenoxy) is 1. The van der Waals surface area contributed by atoms with Crippen LogP contribution in [0, 0.1) is 0 Å². The topological polar surface area (TPSA) is 61.9 Å². The van der Waals surface area contributed by atoms with Crippen LogP contribution in [0.4, 0.5) is 5.69 Å². The maximum absolute atomic E-state index is 12.9. The molecule has 158 valence electrons. The number of likely N-dealkylation sites (tertiary alicyclic amines) is 1. The van der Waals surface area contributed by atoms with Gasteiger partial charge in [-0.15, -0.1) is 0 Å². The summed E-state index contributed by atoms with van der Waals surface area (Å²) in [6.45, 7) is 4.88. The molecule has 30 heavy (non-hydrogen) atoms. The molecule has 0 aromatic heterocycles. The number of methoxy groups -OCH3 is 1. The van der Waals surface area contributed by atoms with E-state index in [1.165, 1.54) is 12.8 Å². The number of rotatable bonds is 6. The minimum atomic E-state index is -0.0776. The molecule has 2 aliphatic heterocycles. The van der Waals surface area contributed by atoms with Crippen molar-refractivity contribution in [3.63, 3.8) is 0 Å². The Bertz CT molecular complexity index is 937. The zero-order chi connectivity index (χ0) is 21.1. The number of nitrogens with one attached hydrogen (secondary N) is 1. The van der Waals surface area contributed by atoms with E-state index >= 15 is 0 Å². The lowest BCUT2D eigenvalue weighted by atomic mass is 10.0. The van der Waals surface area contributed by atoms with Crippen molar-refractivity contribution in [3.8, 4) is 5.75 Å². The smallest absolute Gasteiger partial charge is 0.251 e. The Morgan fingerprint density at radius 2 is 1.90 bits per heavy atom. The number of fused-ring (bicyclic) bond motifs is 1. The van der Waals surface area contributed by atoms with Crippen molar-refractivity contribution in [1.29, 1.82) is 0 Å². The molecule has 0 saturated carbocycles. The summed E-state index contributed by atoms with van der Waals surface area (Å²) in [6, 6.07) is 13.8. The second kappa shape index (κ2) is 8.88. The molecule has 2 heterocycles. The summed E-state index contributed by atoms with van der Waals surface area (Å²) in [5.41, 5.74) is 3.78. The van der Waals surface area contributed by atoms with Crippen LogP contribution in [-0.2, 0) is 11.2 Å². The maximum Gasteiger partial charge on any atom is 0.251 e. The van der Waals surface area contributed by atoms with E-state index in [2.05, 4.69) is 22.3 Å². The molecule has 0 radical (unpaired) electrons. The van der Waals surface area contributed by atoms with Gasteiger partial charge in [0.1, 0.15) is 5.75 Å². The van der Waals surface area contributed by atoms with Gasteiger partial charge in [-0.25, -0.2) is 0 Å². The lowest BCUT2D eigenvalue weighted by Crippen LogP contribution is -2.36. The van der Waals surface area contributed by atoms with Crippen molar-refractivity contribution in [2.45, 2.75) is 32.2 Å². The standard InChI is InChI=1S/C24H29N3O3/c1-17(28)27-13-10-19-14-20(8-9-22(19)27)24(29)25-16-23(26-11-3-4-12-26)18-6-5-7-21(15-18)30-2/h5-9,14-15,23H,3-4,10-13,16H2,1-2H3,(H,25,29). The van der Waals surface area contributed by atoms with Crippen molar-refractivity contribution < 1.29 is 14.3 Å². The molecule has 6 nitrogen and oxygen atoms in total. The average Bonchev–Trinajstić information content (AvgIpc) is 3.43. The summed E-state index contributed by atoms with van der Waals surface area (Å²) in [5.74, 6) is 0.792. The first kappa shape index (κ1) is 20.4. The molecular weight excluding hydrogens is 378 g/mol. The third kappa shape index (κ3) is 4.19. The van der Waals surface area contributed by atoms with Crippen molar-refractivity contribution >= 4 is 17.5 Å². The van der Waals surface area contributed by atoms with Gasteiger partial charge in [-0.1, -0.05) is 12.1 Å². The van der Waals surface area contributed by atoms with Crippen molar-refractivity contribution in [2.75, 3.05) is 38.2 Å². The molecule has 6 heteroatoms. The highest BCUT2D eigenvalue weighted by molar-refractivity contribution is 5.97. The van der Waals surface area contributed by atoms with E-state index in [1.807, 2.05) is 30.3 Å². The molecule has 2 amide bonds. The van der Waals surface area contributed by atoms with Gasteiger partial charge in [0.2, 0.25) is 5.91 Å². The number of amides is 2. The number of anilines is 1. The van der Waals surface area contributed by atoms with Crippen LogP contribution in [0.15, 0.2) is 42.5 Å². The average molecular weight is 408 g/mol. The molecule has 1 fully saturated rings. The fourth-order valence-electron chi connectivity index (χ4n) is 4.52. The fourth-order valence-corrected chi connectivity index (χ4v) is 4.52. The molecule has 0 aliphatic carbocycles. The SMILES string of the molecule is COc1cccc(C(CNC(=O)c2ccc3c(c2)CCN3C(C)=O)N2CCCC2)c1. The Morgan fingerprint density at radius 1 is 1.10 bits per heavy atom. The van der Waals surface area contributed by atoms with Gasteiger partial charge in [0.15, 0.2) is 0 Å². The van der Waals surface area contributed by atoms with Crippen LogP contribution in [0.5, 0.6) is 5.75 Å². The van der Waals surface area contributed by atoms with Gasteiger partial charge in [0, 0.05) is 31.3 Å². The summed E-state index contributed by atoms with van der Waals surface area (Å²) in [4.78, 5) is 28.8. The number of hydrogen-bond donors (Lipinski definition) is 1. The molecule has 2 aliphatic rings. The van der Waals surface area contributed by atoms with Gasteiger partial charge in [-0.05, 0) is 73.8 Å². The van der Waals surface area contributed by atoms with E-state index in [1.54, 1.807) is 18.9 Å². The molecular formula is C24H29N3O3. The minimum Gasteiger partial charge on any atom is -0.497 e. The molecule has 2 aromatic carbocycles. The van der Waals surface area contributed by atoms with Crippen molar-refractivity contribution in [1.82, 2.24) is 10.2 Å². The summed E-state index contributed by atoms with van der Waals surface area (Å²) in [6.07, 6.45) is 3.16. The Hall–Kier alpha value is -2.86. The quantitative estimate of drug-likeness (QED) is 0.799. The number of benzene rings is 2. The van der Waals surface area contributed by atoms with Crippen LogP contribution in [0.2, 0.25) is 0 Å². The maximum atomic E-state index is 12.9. The molecule has 4 rings (SSSR count). The number of hydrogen-bond acceptors (Lipinski definition) is 4. The number of carbonyl (C=O) groups is 2. The van der Waals surface area contributed by atoms with Gasteiger partial charge >= 0.3 is 0 Å². The number of nitrogens with zero attached hydrogens (tertiary/aromatic N) is 2. The van der Waals surface area contributed by atoms with E-state index in [4.69, 9.17) is 4.74 Å². The molecule has 0 bridgehead atoms. The van der Waals surface area contributed by atoms with Gasteiger partial charge in [-0.2, -0.15) is 0 Å². The van der Waals surface area contributed by atoms with Crippen LogP contribution in [-0.4, -0.2) is 50.0 Å². The first-order valence-corrected chi connectivity index (χ1v) is 10.6. The summed E-state index contributed by atoms with van der Waals surface area (Å²) in [5, 5.41) is 3.14. The monoisotopic (exact) mass is 407 g/mol. The van der Waals surface area contributed by atoms with Crippen molar-refractivity contribution in [2.24, 2.45) is 0 Å². The zero-order valence-corrected chi connectivity index (χ0v) is 17.7. The molecule has 1 atom stereocenters. The van der Waals surface area contributed by atoms with Gasteiger partial charge in [0.25, 0.3) is 5.91 Å².